The van der Waals surface area contributed by atoms with Crippen LogP contribution in [0.3, 0.4) is 0 Å². The summed E-state index contributed by atoms with van der Waals surface area (Å²) in [6.07, 6.45) is 0.371. The first-order valence-corrected chi connectivity index (χ1v) is 14.1. The lowest BCUT2D eigenvalue weighted by Crippen LogP contribution is -2.52. The second kappa shape index (κ2) is 13.2. The Labute approximate surface area is 228 Å². The molecule has 3 aromatic rings. The largest absolute Gasteiger partial charge is 0.374 e. The normalized spacial score (nSPS) is 16.5. The predicted molar refractivity (Wildman–Crippen MR) is 145 cm³/mol. The molecular formula is C29H30N4O5S. The fourth-order valence-electron chi connectivity index (χ4n) is 4.35. The second-order valence-corrected chi connectivity index (χ2v) is 11.0. The molecule has 1 aliphatic rings. The Morgan fingerprint density at radius 1 is 1.00 bits per heavy atom. The third-order valence-corrected chi connectivity index (χ3v) is 8.38. The van der Waals surface area contributed by atoms with Crippen molar-refractivity contribution in [2.24, 2.45) is 0 Å². The van der Waals surface area contributed by atoms with Crippen LogP contribution in [0, 0.1) is 11.3 Å². The number of carbonyl (C=O) groups is 2. The van der Waals surface area contributed by atoms with E-state index in [9.17, 15) is 23.3 Å². The Hall–Kier alpha value is -4.04. The molecule has 1 aliphatic heterocycles. The summed E-state index contributed by atoms with van der Waals surface area (Å²) >= 11 is 0. The summed E-state index contributed by atoms with van der Waals surface area (Å²) in [6, 6.07) is 25.5. The van der Waals surface area contributed by atoms with Crippen LogP contribution in [-0.4, -0.2) is 62.9 Å². The van der Waals surface area contributed by atoms with Gasteiger partial charge in [-0.1, -0.05) is 60.7 Å². The number of sulfonamides is 1. The number of morpholine rings is 1. The van der Waals surface area contributed by atoms with E-state index in [2.05, 4.69) is 10.6 Å². The maximum atomic E-state index is 13.2. The van der Waals surface area contributed by atoms with Gasteiger partial charge in [0.05, 0.1) is 23.2 Å². The van der Waals surface area contributed by atoms with Crippen LogP contribution in [0.1, 0.15) is 27.9 Å². The van der Waals surface area contributed by atoms with E-state index in [1.165, 1.54) is 16.4 Å². The van der Waals surface area contributed by atoms with E-state index in [0.717, 1.165) is 5.56 Å². The fourth-order valence-corrected chi connectivity index (χ4v) is 5.95. The number of benzene rings is 3. The fraction of sp³-hybridized carbons (Fsp3) is 0.276. The lowest BCUT2D eigenvalue weighted by molar-refractivity contribution is -0.124. The van der Waals surface area contributed by atoms with Gasteiger partial charge in [0, 0.05) is 25.2 Å². The molecule has 9 nitrogen and oxygen atoms in total. The van der Waals surface area contributed by atoms with Crippen molar-refractivity contribution in [2.75, 3.05) is 26.2 Å². The first kappa shape index (κ1) is 28.0. The molecule has 0 saturated carbocycles. The number of hydrogen-bond donors (Lipinski definition) is 2. The minimum Gasteiger partial charge on any atom is -0.374 e. The highest BCUT2D eigenvalue weighted by Crippen LogP contribution is 2.22. The van der Waals surface area contributed by atoms with Gasteiger partial charge in [0.15, 0.2) is 0 Å². The third kappa shape index (κ3) is 7.29. The van der Waals surface area contributed by atoms with Gasteiger partial charge in [-0.3, -0.25) is 9.59 Å². The van der Waals surface area contributed by atoms with Crippen molar-refractivity contribution < 1.29 is 22.7 Å². The third-order valence-electron chi connectivity index (χ3n) is 6.45. The average molecular weight is 547 g/mol. The predicted octanol–water partition coefficient (Wildman–Crippen LogP) is 2.50. The van der Waals surface area contributed by atoms with Gasteiger partial charge < -0.3 is 15.4 Å². The standard InChI is InChI=1S/C29H30N4O5S/c30-19-24-13-7-8-14-27(24)39(36,37)33-17-18-38-25(21-33)20-31-29(35)26(16-15-22-9-3-1-4-10-22)32-28(34)23-11-5-2-6-12-23/h1-14,25-26H,15-18,20-21H2,(H,31,35)(H,32,34)/t25?,26-/m0/s1. The Morgan fingerprint density at radius 3 is 2.38 bits per heavy atom. The number of nitrogens with one attached hydrogen (secondary N) is 2. The lowest BCUT2D eigenvalue weighted by Gasteiger charge is -2.32. The molecule has 2 atom stereocenters. The molecule has 10 heteroatoms. The number of aryl methyl sites for hydroxylation is 1. The van der Waals surface area contributed by atoms with Crippen molar-refractivity contribution in [3.8, 4) is 6.07 Å². The number of carbonyl (C=O) groups excluding carboxylic acids is 2. The molecule has 1 fully saturated rings. The number of nitrogens with zero attached hydrogens (tertiary/aromatic N) is 2. The van der Waals surface area contributed by atoms with E-state index in [4.69, 9.17) is 4.74 Å². The molecule has 1 saturated heterocycles. The van der Waals surface area contributed by atoms with Gasteiger partial charge in [-0.2, -0.15) is 9.57 Å². The lowest BCUT2D eigenvalue weighted by atomic mass is 10.0. The highest BCUT2D eigenvalue weighted by Gasteiger charge is 2.33. The van der Waals surface area contributed by atoms with Crippen molar-refractivity contribution >= 4 is 21.8 Å². The van der Waals surface area contributed by atoms with Crippen LogP contribution < -0.4 is 10.6 Å². The summed E-state index contributed by atoms with van der Waals surface area (Å²) in [5, 5.41) is 15.0. The second-order valence-electron chi connectivity index (χ2n) is 9.13. The van der Waals surface area contributed by atoms with Gasteiger partial charge in [0.2, 0.25) is 15.9 Å². The molecule has 0 bridgehead atoms. The van der Waals surface area contributed by atoms with Gasteiger partial charge in [0.1, 0.15) is 12.1 Å². The van der Waals surface area contributed by atoms with Crippen LogP contribution in [0.4, 0.5) is 0 Å². The van der Waals surface area contributed by atoms with Crippen molar-refractivity contribution in [3.05, 3.63) is 102 Å². The molecule has 202 valence electrons. The van der Waals surface area contributed by atoms with Gasteiger partial charge >= 0.3 is 0 Å². The maximum Gasteiger partial charge on any atom is 0.251 e. The molecule has 1 unspecified atom stereocenters. The molecule has 0 aromatic heterocycles. The molecule has 2 amide bonds. The molecule has 1 heterocycles. The van der Waals surface area contributed by atoms with Gasteiger partial charge in [-0.15, -0.1) is 0 Å². The van der Waals surface area contributed by atoms with Crippen molar-refractivity contribution in [1.82, 2.24) is 14.9 Å². The highest BCUT2D eigenvalue weighted by atomic mass is 32.2. The zero-order valence-electron chi connectivity index (χ0n) is 21.3. The van der Waals surface area contributed by atoms with Crippen LogP contribution in [0.25, 0.3) is 0 Å². The van der Waals surface area contributed by atoms with Crippen LogP contribution in [0.5, 0.6) is 0 Å². The zero-order chi connectivity index (χ0) is 27.7. The van der Waals surface area contributed by atoms with Crippen molar-refractivity contribution in [3.63, 3.8) is 0 Å². The summed E-state index contributed by atoms with van der Waals surface area (Å²) in [6.45, 7) is 0.372. The summed E-state index contributed by atoms with van der Waals surface area (Å²) in [5.74, 6) is -0.736. The van der Waals surface area contributed by atoms with E-state index in [1.807, 2.05) is 42.5 Å². The van der Waals surface area contributed by atoms with E-state index >= 15 is 0 Å². The molecule has 0 aliphatic carbocycles. The maximum absolute atomic E-state index is 13.2. The molecule has 39 heavy (non-hydrogen) atoms. The van der Waals surface area contributed by atoms with E-state index in [-0.39, 0.29) is 48.5 Å². The minimum atomic E-state index is -3.92. The monoisotopic (exact) mass is 546 g/mol. The highest BCUT2D eigenvalue weighted by molar-refractivity contribution is 7.89. The summed E-state index contributed by atoms with van der Waals surface area (Å²) in [5.41, 5.74) is 1.56. The minimum absolute atomic E-state index is 0.0213. The Bertz CT molecular complexity index is 1420. The average Bonchev–Trinajstić information content (AvgIpc) is 2.99. The SMILES string of the molecule is N#Cc1ccccc1S(=O)(=O)N1CCOC(CNC(=O)[C@H](CCc2ccccc2)NC(=O)c2ccccc2)C1. The van der Waals surface area contributed by atoms with E-state index in [1.54, 1.807) is 36.4 Å². The smallest absolute Gasteiger partial charge is 0.251 e. The Kier molecular flexibility index (Phi) is 9.44. The van der Waals surface area contributed by atoms with Gasteiger partial charge in [0.25, 0.3) is 5.91 Å². The molecule has 3 aromatic carbocycles. The van der Waals surface area contributed by atoms with Gasteiger partial charge in [-0.25, -0.2) is 8.42 Å². The summed E-state index contributed by atoms with van der Waals surface area (Å²) < 4.78 is 33.4. The van der Waals surface area contributed by atoms with Crippen molar-refractivity contribution in [2.45, 2.75) is 29.9 Å². The molecule has 4 rings (SSSR count). The first-order chi connectivity index (χ1) is 18.9. The quantitative estimate of drug-likeness (QED) is 0.402. The number of amides is 2. The van der Waals surface area contributed by atoms with Crippen LogP contribution in [0.2, 0.25) is 0 Å². The Balaban J connectivity index is 1.40. The Morgan fingerprint density at radius 2 is 1.67 bits per heavy atom. The van der Waals surface area contributed by atoms with E-state index < -0.39 is 22.2 Å². The number of ether oxygens (including phenoxy) is 1. The van der Waals surface area contributed by atoms with E-state index in [0.29, 0.717) is 18.4 Å². The first-order valence-electron chi connectivity index (χ1n) is 12.7. The number of hydrogen-bond acceptors (Lipinski definition) is 6. The summed E-state index contributed by atoms with van der Waals surface area (Å²) in [7, 11) is -3.92. The number of nitriles is 1. The molecule has 2 N–H and O–H groups in total. The van der Waals surface area contributed by atoms with Crippen LogP contribution in [0.15, 0.2) is 89.8 Å². The zero-order valence-corrected chi connectivity index (χ0v) is 22.1. The number of rotatable bonds is 10. The molecule has 0 radical (unpaired) electrons. The molecule has 0 spiro atoms. The topological polar surface area (TPSA) is 129 Å². The summed E-state index contributed by atoms with van der Waals surface area (Å²) in [4.78, 5) is 26.0. The molecular weight excluding hydrogens is 516 g/mol. The van der Waals surface area contributed by atoms with Crippen LogP contribution in [-0.2, 0) is 26.0 Å². The van der Waals surface area contributed by atoms with Crippen molar-refractivity contribution in [1.29, 1.82) is 5.26 Å². The van der Waals surface area contributed by atoms with Gasteiger partial charge in [-0.05, 0) is 42.7 Å². The van der Waals surface area contributed by atoms with Crippen LogP contribution >= 0.6 is 0 Å².